The maximum atomic E-state index is 13.8. The van der Waals surface area contributed by atoms with Crippen LogP contribution in [0.25, 0.3) is 0 Å². The number of hydrogen-bond donors (Lipinski definition) is 3. The molecule has 0 aliphatic carbocycles. The first-order valence-electron chi connectivity index (χ1n) is 12.1. The van der Waals surface area contributed by atoms with Gasteiger partial charge in [0.05, 0.1) is 6.61 Å². The van der Waals surface area contributed by atoms with Gasteiger partial charge >= 0.3 is 6.09 Å². The molecule has 2 aromatic carbocycles. The van der Waals surface area contributed by atoms with E-state index in [0.29, 0.717) is 11.3 Å². The number of alkyl carbamates (subject to hydrolysis) is 1. The third-order valence-electron chi connectivity index (χ3n) is 5.64. The summed E-state index contributed by atoms with van der Waals surface area (Å²) in [7, 11) is 0. The molecule has 36 heavy (non-hydrogen) atoms. The lowest BCUT2D eigenvalue weighted by molar-refractivity contribution is -0.143. The molecule has 2 aromatic rings. The van der Waals surface area contributed by atoms with Crippen LogP contribution in [0.4, 0.5) is 10.5 Å². The molecule has 0 heterocycles. The number of ether oxygens (including phenoxy) is 1. The summed E-state index contributed by atoms with van der Waals surface area (Å²) in [5, 5.41) is 15.4. The fraction of sp³-hybridized carbons (Fsp3) is 0.464. The van der Waals surface area contributed by atoms with Crippen molar-refractivity contribution in [2.45, 2.75) is 79.1 Å². The van der Waals surface area contributed by atoms with Gasteiger partial charge in [-0.05, 0) is 78.1 Å². The quantitative estimate of drug-likeness (QED) is 0.501. The van der Waals surface area contributed by atoms with Crippen molar-refractivity contribution in [2.75, 3.05) is 11.9 Å². The fourth-order valence-corrected chi connectivity index (χ4v) is 3.88. The van der Waals surface area contributed by atoms with Gasteiger partial charge in [-0.1, -0.05) is 42.0 Å². The first-order valence-corrected chi connectivity index (χ1v) is 12.1. The second kappa shape index (κ2) is 12.0. The highest BCUT2D eigenvalue weighted by Crippen LogP contribution is 2.30. The first kappa shape index (κ1) is 28.8. The summed E-state index contributed by atoms with van der Waals surface area (Å²) in [4.78, 5) is 41.4. The standard InChI is InChI=1S/C28H39N3O5/c1-17(2)31(26(34)23(16-32)30-27(35)36-28(6,7)8)24(21-15-18(3)13-14-19(21)4)25(33)29-22-12-10-9-11-20(22)5/h9-15,17,23-24,32H,16H2,1-8H3,(H,29,33)(H,30,35). The molecule has 8 nitrogen and oxygen atoms in total. The van der Waals surface area contributed by atoms with Gasteiger partial charge in [-0.15, -0.1) is 0 Å². The monoisotopic (exact) mass is 497 g/mol. The molecule has 0 aromatic heterocycles. The van der Waals surface area contributed by atoms with Gasteiger partial charge in [-0.3, -0.25) is 9.59 Å². The number of para-hydroxylation sites is 1. The maximum absolute atomic E-state index is 13.8. The minimum atomic E-state index is -1.29. The van der Waals surface area contributed by atoms with Crippen LogP contribution in [0.3, 0.4) is 0 Å². The number of nitrogens with one attached hydrogen (secondary N) is 2. The van der Waals surface area contributed by atoms with Crippen LogP contribution >= 0.6 is 0 Å². The molecule has 2 unspecified atom stereocenters. The molecule has 0 bridgehead atoms. The zero-order valence-corrected chi connectivity index (χ0v) is 22.5. The van der Waals surface area contributed by atoms with Crippen LogP contribution < -0.4 is 10.6 Å². The van der Waals surface area contributed by atoms with E-state index in [0.717, 1.165) is 16.7 Å². The highest BCUT2D eigenvalue weighted by atomic mass is 16.6. The average molecular weight is 498 g/mol. The van der Waals surface area contributed by atoms with Crippen molar-refractivity contribution in [1.29, 1.82) is 0 Å². The van der Waals surface area contributed by atoms with Crippen molar-refractivity contribution in [3.8, 4) is 0 Å². The number of aryl methyl sites for hydroxylation is 3. The Kier molecular flexibility index (Phi) is 9.64. The lowest BCUT2D eigenvalue weighted by Crippen LogP contribution is -2.55. The molecule has 2 rings (SSSR count). The molecular weight excluding hydrogens is 458 g/mol. The number of hydrogen-bond acceptors (Lipinski definition) is 5. The Morgan fingerprint density at radius 3 is 2.19 bits per heavy atom. The van der Waals surface area contributed by atoms with Crippen LogP contribution in [0.2, 0.25) is 0 Å². The van der Waals surface area contributed by atoms with Crippen LogP contribution in [0.1, 0.15) is 62.9 Å². The molecular formula is C28H39N3O5. The predicted octanol–water partition coefficient (Wildman–Crippen LogP) is 4.41. The minimum Gasteiger partial charge on any atom is -0.444 e. The zero-order valence-electron chi connectivity index (χ0n) is 22.5. The van der Waals surface area contributed by atoms with Crippen molar-refractivity contribution in [2.24, 2.45) is 0 Å². The van der Waals surface area contributed by atoms with Gasteiger partial charge in [0.1, 0.15) is 17.7 Å². The molecule has 0 fully saturated rings. The van der Waals surface area contributed by atoms with Gasteiger partial charge < -0.3 is 25.4 Å². The lowest BCUT2D eigenvalue weighted by Gasteiger charge is -2.37. The van der Waals surface area contributed by atoms with Crippen molar-refractivity contribution < 1.29 is 24.2 Å². The Balaban J connectivity index is 2.53. The first-order chi connectivity index (χ1) is 16.7. The van der Waals surface area contributed by atoms with Crippen LogP contribution in [-0.2, 0) is 14.3 Å². The lowest BCUT2D eigenvalue weighted by atomic mass is 9.95. The molecule has 0 saturated carbocycles. The van der Waals surface area contributed by atoms with Gasteiger partial charge in [0.2, 0.25) is 5.91 Å². The molecule has 0 aliphatic rings. The summed E-state index contributed by atoms with van der Waals surface area (Å²) < 4.78 is 5.27. The van der Waals surface area contributed by atoms with Gasteiger partial charge in [-0.25, -0.2) is 4.79 Å². The number of rotatable bonds is 8. The molecule has 2 atom stereocenters. The van der Waals surface area contributed by atoms with E-state index < -0.39 is 48.2 Å². The van der Waals surface area contributed by atoms with Crippen LogP contribution in [0, 0.1) is 20.8 Å². The number of nitrogens with zero attached hydrogens (tertiary/aromatic N) is 1. The van der Waals surface area contributed by atoms with E-state index in [1.54, 1.807) is 40.7 Å². The van der Waals surface area contributed by atoms with Gasteiger partial charge in [-0.2, -0.15) is 0 Å². The van der Waals surface area contributed by atoms with Crippen LogP contribution in [-0.4, -0.2) is 52.2 Å². The Hall–Kier alpha value is -3.39. The minimum absolute atomic E-state index is 0.394. The summed E-state index contributed by atoms with van der Waals surface area (Å²) in [5.41, 5.74) is 3.18. The van der Waals surface area contributed by atoms with E-state index in [1.807, 2.05) is 57.2 Å². The Bertz CT molecular complexity index is 1090. The molecule has 3 N–H and O–H groups in total. The number of benzene rings is 2. The Morgan fingerprint density at radius 1 is 1.00 bits per heavy atom. The smallest absolute Gasteiger partial charge is 0.408 e. The van der Waals surface area contributed by atoms with Crippen LogP contribution in [0.15, 0.2) is 42.5 Å². The maximum Gasteiger partial charge on any atom is 0.408 e. The Labute approximate surface area is 214 Å². The topological polar surface area (TPSA) is 108 Å². The van der Waals surface area contributed by atoms with Crippen molar-refractivity contribution >= 4 is 23.6 Å². The number of carbonyl (C=O) groups is 3. The van der Waals surface area contributed by atoms with Crippen molar-refractivity contribution in [1.82, 2.24) is 10.2 Å². The average Bonchev–Trinajstić information content (AvgIpc) is 2.77. The second-order valence-electron chi connectivity index (χ2n) is 10.3. The summed E-state index contributed by atoms with van der Waals surface area (Å²) in [6, 6.07) is 10.4. The number of amides is 3. The summed E-state index contributed by atoms with van der Waals surface area (Å²) in [6.07, 6.45) is -0.828. The molecule has 0 saturated heterocycles. The largest absolute Gasteiger partial charge is 0.444 e. The van der Waals surface area contributed by atoms with Gasteiger partial charge in [0.15, 0.2) is 0 Å². The van der Waals surface area contributed by atoms with E-state index in [9.17, 15) is 19.5 Å². The molecule has 8 heteroatoms. The van der Waals surface area contributed by atoms with E-state index in [2.05, 4.69) is 10.6 Å². The molecule has 0 radical (unpaired) electrons. The van der Waals surface area contributed by atoms with Crippen LogP contribution in [0.5, 0.6) is 0 Å². The highest BCUT2D eigenvalue weighted by molar-refractivity contribution is 5.99. The summed E-state index contributed by atoms with van der Waals surface area (Å²) in [6.45, 7) is 13.7. The summed E-state index contributed by atoms with van der Waals surface area (Å²) in [5.74, 6) is -0.988. The summed E-state index contributed by atoms with van der Waals surface area (Å²) >= 11 is 0. The van der Waals surface area contributed by atoms with Gasteiger partial charge in [0, 0.05) is 11.7 Å². The van der Waals surface area contributed by atoms with Crippen molar-refractivity contribution in [3.05, 3.63) is 64.7 Å². The zero-order chi connectivity index (χ0) is 27.2. The second-order valence-corrected chi connectivity index (χ2v) is 10.3. The molecule has 0 spiro atoms. The number of anilines is 1. The predicted molar refractivity (Wildman–Crippen MR) is 141 cm³/mol. The normalized spacial score (nSPS) is 13.1. The number of aliphatic hydroxyl groups is 1. The SMILES string of the molecule is Cc1ccc(C)c(C(C(=O)Nc2ccccc2C)N(C(=O)C(CO)NC(=O)OC(C)(C)C)C(C)C)c1. The number of carbonyl (C=O) groups excluding carboxylic acids is 3. The molecule has 3 amide bonds. The van der Waals surface area contributed by atoms with Crippen molar-refractivity contribution in [3.63, 3.8) is 0 Å². The van der Waals surface area contributed by atoms with Gasteiger partial charge in [0.25, 0.3) is 5.91 Å². The van der Waals surface area contributed by atoms with E-state index >= 15 is 0 Å². The van der Waals surface area contributed by atoms with E-state index in [1.165, 1.54) is 4.90 Å². The molecule has 0 aliphatic heterocycles. The van der Waals surface area contributed by atoms with E-state index in [-0.39, 0.29) is 0 Å². The Morgan fingerprint density at radius 2 is 1.64 bits per heavy atom. The number of aliphatic hydroxyl groups excluding tert-OH is 1. The molecule has 196 valence electrons. The van der Waals surface area contributed by atoms with E-state index in [4.69, 9.17) is 4.74 Å². The highest BCUT2D eigenvalue weighted by Gasteiger charge is 2.38. The third-order valence-corrected chi connectivity index (χ3v) is 5.64. The third kappa shape index (κ3) is 7.55. The fourth-order valence-electron chi connectivity index (χ4n) is 3.88.